The van der Waals surface area contributed by atoms with Crippen LogP contribution in [0.1, 0.15) is 57.1 Å². The third-order valence-electron chi connectivity index (χ3n) is 6.36. The molecule has 0 heterocycles. The van der Waals surface area contributed by atoms with Crippen LogP contribution in [-0.4, -0.2) is 23.2 Å². The van der Waals surface area contributed by atoms with Crippen LogP contribution in [0, 0.1) is 0 Å². The number of amides is 2. The van der Waals surface area contributed by atoms with Gasteiger partial charge >= 0.3 is 0 Å². The number of rotatable bonds is 10. The number of hydrogen-bond acceptors (Lipinski definition) is 4. The molecule has 6 heteroatoms. The van der Waals surface area contributed by atoms with Crippen molar-refractivity contribution in [2.75, 3.05) is 0 Å². The maximum Gasteiger partial charge on any atom is 0.240 e. The van der Waals surface area contributed by atoms with Crippen molar-refractivity contribution in [1.82, 2.24) is 10.9 Å². The maximum absolute atomic E-state index is 12.2. The number of nitrogens with zero attached hydrogens (tertiary/aromatic N) is 2. The second-order valence-electron chi connectivity index (χ2n) is 9.08. The van der Waals surface area contributed by atoms with Crippen LogP contribution in [0.4, 0.5) is 0 Å². The molecule has 188 valence electrons. The zero-order valence-electron chi connectivity index (χ0n) is 21.3. The SMILES string of the molecule is C/C(=N\NC(=O)CCCCCC(=O)N/N=C(\C)c1cccc2ccccc12)c1cccc2ccccc12. The van der Waals surface area contributed by atoms with E-state index in [1.54, 1.807) is 0 Å². The first-order valence-corrected chi connectivity index (χ1v) is 12.7. The van der Waals surface area contributed by atoms with Gasteiger partial charge in [-0.15, -0.1) is 0 Å². The van der Waals surface area contributed by atoms with Gasteiger partial charge in [-0.25, -0.2) is 10.9 Å². The van der Waals surface area contributed by atoms with Crippen molar-refractivity contribution in [2.24, 2.45) is 10.2 Å². The molecule has 0 saturated heterocycles. The highest BCUT2D eigenvalue weighted by molar-refractivity contribution is 6.10. The Bertz CT molecular complexity index is 1350. The Labute approximate surface area is 217 Å². The first-order valence-electron chi connectivity index (χ1n) is 12.7. The quantitative estimate of drug-likeness (QED) is 0.154. The monoisotopic (exact) mass is 492 g/mol. The van der Waals surface area contributed by atoms with Crippen LogP contribution in [0.3, 0.4) is 0 Å². The van der Waals surface area contributed by atoms with E-state index in [0.29, 0.717) is 25.7 Å². The molecule has 0 aliphatic heterocycles. The predicted molar refractivity (Wildman–Crippen MR) is 152 cm³/mol. The van der Waals surface area contributed by atoms with E-state index in [4.69, 9.17) is 0 Å². The molecule has 0 spiro atoms. The van der Waals surface area contributed by atoms with Crippen LogP contribution in [0.15, 0.2) is 95.1 Å². The van der Waals surface area contributed by atoms with Crippen molar-refractivity contribution in [2.45, 2.75) is 46.0 Å². The summed E-state index contributed by atoms with van der Waals surface area (Å²) >= 11 is 0. The van der Waals surface area contributed by atoms with Crippen LogP contribution < -0.4 is 10.9 Å². The molecule has 0 aliphatic rings. The fraction of sp³-hybridized carbons (Fsp3) is 0.226. The van der Waals surface area contributed by atoms with E-state index in [2.05, 4.69) is 57.5 Å². The van der Waals surface area contributed by atoms with E-state index in [1.165, 1.54) is 0 Å². The van der Waals surface area contributed by atoms with Crippen molar-refractivity contribution < 1.29 is 9.59 Å². The molecule has 0 aromatic heterocycles. The van der Waals surface area contributed by atoms with Crippen molar-refractivity contribution in [3.63, 3.8) is 0 Å². The van der Waals surface area contributed by atoms with Crippen LogP contribution in [0.2, 0.25) is 0 Å². The average Bonchev–Trinajstić information content (AvgIpc) is 2.93. The Morgan fingerprint density at radius 3 is 1.43 bits per heavy atom. The van der Waals surface area contributed by atoms with E-state index in [-0.39, 0.29) is 11.8 Å². The number of hydrogen-bond donors (Lipinski definition) is 2. The summed E-state index contributed by atoms with van der Waals surface area (Å²) in [5, 5.41) is 13.1. The van der Waals surface area contributed by atoms with Gasteiger partial charge in [-0.05, 0) is 48.2 Å². The molecule has 2 amide bonds. The predicted octanol–water partition coefficient (Wildman–Crippen LogP) is 6.32. The molecular weight excluding hydrogens is 460 g/mol. The zero-order chi connectivity index (χ0) is 26.0. The number of fused-ring (bicyclic) bond motifs is 2. The molecule has 0 bridgehead atoms. The molecule has 6 nitrogen and oxygen atoms in total. The van der Waals surface area contributed by atoms with E-state index >= 15 is 0 Å². The minimum atomic E-state index is -0.126. The lowest BCUT2D eigenvalue weighted by molar-refractivity contribution is -0.121. The van der Waals surface area contributed by atoms with Crippen molar-refractivity contribution >= 4 is 44.8 Å². The lowest BCUT2D eigenvalue weighted by Crippen LogP contribution is -2.19. The summed E-state index contributed by atoms with van der Waals surface area (Å²) in [4.78, 5) is 24.5. The van der Waals surface area contributed by atoms with Gasteiger partial charge in [0.15, 0.2) is 0 Å². The largest absolute Gasteiger partial charge is 0.273 e. The third kappa shape index (κ3) is 6.88. The van der Waals surface area contributed by atoms with Crippen molar-refractivity contribution in [3.05, 3.63) is 96.1 Å². The van der Waals surface area contributed by atoms with E-state index < -0.39 is 0 Å². The second kappa shape index (κ2) is 12.6. The lowest BCUT2D eigenvalue weighted by atomic mass is 10.0. The highest BCUT2D eigenvalue weighted by Crippen LogP contribution is 2.20. The molecule has 2 N–H and O–H groups in total. The average molecular weight is 493 g/mol. The summed E-state index contributed by atoms with van der Waals surface area (Å²) in [5.41, 5.74) is 8.85. The third-order valence-corrected chi connectivity index (χ3v) is 6.36. The molecule has 0 saturated carbocycles. The number of hydrazone groups is 2. The molecule has 0 fully saturated rings. The Hall–Kier alpha value is -4.32. The van der Waals surface area contributed by atoms with Crippen LogP contribution in [0.5, 0.6) is 0 Å². The summed E-state index contributed by atoms with van der Waals surface area (Å²) in [5.74, 6) is -0.251. The van der Waals surface area contributed by atoms with Gasteiger partial charge in [0.05, 0.1) is 11.4 Å². The first kappa shape index (κ1) is 25.8. The molecule has 0 aliphatic carbocycles. The fourth-order valence-electron chi connectivity index (χ4n) is 4.35. The molecular formula is C31H32N4O2. The Morgan fingerprint density at radius 2 is 0.973 bits per heavy atom. The van der Waals surface area contributed by atoms with E-state index in [1.807, 2.05) is 62.4 Å². The zero-order valence-corrected chi connectivity index (χ0v) is 21.3. The normalized spacial score (nSPS) is 12.1. The van der Waals surface area contributed by atoms with Gasteiger partial charge in [0.25, 0.3) is 0 Å². The number of benzene rings is 4. The Kier molecular flexibility index (Phi) is 8.76. The van der Waals surface area contributed by atoms with Gasteiger partial charge in [-0.3, -0.25) is 9.59 Å². The van der Waals surface area contributed by atoms with Gasteiger partial charge in [0, 0.05) is 24.0 Å². The first-order chi connectivity index (χ1) is 18.0. The van der Waals surface area contributed by atoms with Crippen LogP contribution in [0.25, 0.3) is 21.5 Å². The van der Waals surface area contributed by atoms with Crippen LogP contribution in [-0.2, 0) is 9.59 Å². The topological polar surface area (TPSA) is 82.9 Å². The molecule has 0 radical (unpaired) electrons. The number of carbonyl (C=O) groups excluding carboxylic acids is 2. The summed E-state index contributed by atoms with van der Waals surface area (Å²) in [6.07, 6.45) is 2.90. The van der Waals surface area contributed by atoms with Gasteiger partial charge in [0.1, 0.15) is 0 Å². The van der Waals surface area contributed by atoms with Crippen molar-refractivity contribution in [3.8, 4) is 0 Å². The standard InChI is InChI=1S/C31H32N4O2/c1-22(26-18-10-14-24-12-6-8-16-28(24)26)32-34-30(36)20-4-3-5-21-31(37)35-33-23(2)27-19-11-15-25-13-7-9-17-29(25)27/h6-19H,3-5,20-21H2,1-2H3,(H,34,36)(H,35,37)/b32-22+,33-23+. The molecule has 0 unspecified atom stereocenters. The molecule has 4 rings (SSSR count). The molecule has 37 heavy (non-hydrogen) atoms. The second-order valence-corrected chi connectivity index (χ2v) is 9.08. The van der Waals surface area contributed by atoms with Crippen LogP contribution >= 0.6 is 0 Å². The maximum atomic E-state index is 12.2. The van der Waals surface area contributed by atoms with Crippen molar-refractivity contribution in [1.29, 1.82) is 0 Å². The van der Waals surface area contributed by atoms with Gasteiger partial charge < -0.3 is 0 Å². The fourth-order valence-corrected chi connectivity index (χ4v) is 4.35. The summed E-state index contributed by atoms with van der Waals surface area (Å²) in [7, 11) is 0. The van der Waals surface area contributed by atoms with Gasteiger partial charge in [-0.2, -0.15) is 10.2 Å². The highest BCUT2D eigenvalue weighted by Gasteiger charge is 2.07. The van der Waals surface area contributed by atoms with Gasteiger partial charge in [0.2, 0.25) is 11.8 Å². The highest BCUT2D eigenvalue weighted by atomic mass is 16.2. The summed E-state index contributed by atoms with van der Waals surface area (Å²) < 4.78 is 0. The van der Waals surface area contributed by atoms with E-state index in [0.717, 1.165) is 50.5 Å². The summed E-state index contributed by atoms with van der Waals surface area (Å²) in [6.45, 7) is 3.79. The molecule has 0 atom stereocenters. The summed E-state index contributed by atoms with van der Waals surface area (Å²) in [6, 6.07) is 28.3. The molecule has 4 aromatic carbocycles. The van der Waals surface area contributed by atoms with Gasteiger partial charge in [-0.1, -0.05) is 91.3 Å². The number of carbonyl (C=O) groups is 2. The number of nitrogens with one attached hydrogen (secondary N) is 2. The minimum absolute atomic E-state index is 0.126. The Morgan fingerprint density at radius 1 is 0.568 bits per heavy atom. The van der Waals surface area contributed by atoms with E-state index in [9.17, 15) is 9.59 Å². The smallest absolute Gasteiger partial charge is 0.240 e. The lowest BCUT2D eigenvalue weighted by Gasteiger charge is -2.07. The Balaban J connectivity index is 1.17. The molecule has 4 aromatic rings. The number of unbranched alkanes of at least 4 members (excludes halogenated alkanes) is 2. The minimum Gasteiger partial charge on any atom is -0.273 e.